The summed E-state index contributed by atoms with van der Waals surface area (Å²) in [5.41, 5.74) is -3.96. The molecule has 5 N–H and O–H groups in total. The van der Waals surface area contributed by atoms with Gasteiger partial charge < -0.3 is 5.32 Å². The van der Waals surface area contributed by atoms with Crippen LogP contribution in [0.1, 0.15) is 22.7 Å². The number of amides is 1. The van der Waals surface area contributed by atoms with Crippen molar-refractivity contribution < 1.29 is 48.0 Å². The fourth-order valence-electron chi connectivity index (χ4n) is 4.01. The summed E-state index contributed by atoms with van der Waals surface area (Å²) in [6.45, 7) is 0. The largest absolute Gasteiger partial charge is 0.416 e. The second-order valence-corrected chi connectivity index (χ2v) is 11.9. The third-order valence-corrected chi connectivity index (χ3v) is 7.77. The van der Waals surface area contributed by atoms with Crippen molar-refractivity contribution in [3.63, 3.8) is 0 Å². The number of primary sulfonamides is 2. The summed E-state index contributed by atoms with van der Waals surface area (Å²) in [5, 5.41) is 12.8. The molecule has 17 heteroatoms. The highest BCUT2D eigenvalue weighted by molar-refractivity contribution is 7.89. The lowest BCUT2D eigenvalue weighted by Crippen LogP contribution is -2.31. The van der Waals surface area contributed by atoms with Gasteiger partial charge >= 0.3 is 12.4 Å². The number of carbonyl (C=O) groups is 1. The van der Waals surface area contributed by atoms with Gasteiger partial charge in [-0.25, -0.2) is 27.1 Å². The lowest BCUT2D eigenvalue weighted by molar-refractivity contribution is -0.143. The Bertz CT molecular complexity index is 1720. The fourth-order valence-corrected chi connectivity index (χ4v) is 5.04. The summed E-state index contributed by atoms with van der Waals surface area (Å²) < 4.78 is 128. The van der Waals surface area contributed by atoms with Crippen LogP contribution in [0, 0.1) is 0 Å². The van der Waals surface area contributed by atoms with Crippen molar-refractivity contribution in [3.05, 3.63) is 95.2 Å². The molecule has 0 radical (unpaired) electrons. The summed E-state index contributed by atoms with van der Waals surface area (Å²) in [5.74, 6) is -0.903. The van der Waals surface area contributed by atoms with Crippen molar-refractivity contribution in [2.75, 3.05) is 10.2 Å². The van der Waals surface area contributed by atoms with Crippen LogP contribution in [0.3, 0.4) is 0 Å². The van der Waals surface area contributed by atoms with Crippen molar-refractivity contribution in [2.45, 2.75) is 28.2 Å². The van der Waals surface area contributed by atoms with E-state index in [0.29, 0.717) is 12.1 Å². The molecule has 41 heavy (non-hydrogen) atoms. The van der Waals surface area contributed by atoms with Crippen molar-refractivity contribution >= 4 is 37.3 Å². The molecule has 1 heterocycles. The van der Waals surface area contributed by atoms with E-state index in [-0.39, 0.29) is 32.9 Å². The Kier molecular flexibility index (Phi) is 7.45. The highest BCUT2D eigenvalue weighted by atomic mass is 32.2. The number of benzene rings is 3. The Balaban J connectivity index is 1.85. The number of halogens is 6. The van der Waals surface area contributed by atoms with E-state index in [1.807, 2.05) is 0 Å². The van der Waals surface area contributed by atoms with E-state index < -0.39 is 61.0 Å². The molecular weight excluding hydrogens is 602 g/mol. The number of nitrogens with zero attached hydrogens (tertiary/aromatic N) is 1. The molecule has 0 fully saturated rings. The zero-order valence-electron chi connectivity index (χ0n) is 20.2. The Labute approximate surface area is 229 Å². The number of rotatable bonds is 6. The molecule has 0 spiro atoms. The van der Waals surface area contributed by atoms with Gasteiger partial charge in [0, 0.05) is 11.4 Å². The first-order chi connectivity index (χ1) is 18.7. The van der Waals surface area contributed by atoms with Gasteiger partial charge in [-0.2, -0.15) is 26.3 Å². The summed E-state index contributed by atoms with van der Waals surface area (Å²) in [4.78, 5) is 13.7. The van der Waals surface area contributed by atoms with Crippen LogP contribution in [-0.2, 0) is 37.2 Å². The normalized spacial score (nSPS) is 16.6. The Morgan fingerprint density at radius 2 is 1.15 bits per heavy atom. The van der Waals surface area contributed by atoms with Gasteiger partial charge in [0.05, 0.1) is 27.0 Å². The van der Waals surface area contributed by atoms with Crippen molar-refractivity contribution in [3.8, 4) is 0 Å². The monoisotopic (exact) mass is 620 g/mol. The number of sulfonamides is 2. The maximum absolute atomic E-state index is 13.6. The number of anilines is 2. The molecule has 1 atom stereocenters. The second kappa shape index (κ2) is 10.2. The molecule has 1 aliphatic rings. The number of nitrogens with two attached hydrogens (primary N) is 2. The van der Waals surface area contributed by atoms with Crippen LogP contribution in [0.25, 0.3) is 0 Å². The Morgan fingerprint density at radius 3 is 1.56 bits per heavy atom. The molecule has 3 aromatic rings. The fraction of sp³-hybridized carbons (Fsp3) is 0.125. The minimum atomic E-state index is -5.16. The van der Waals surface area contributed by atoms with Crippen molar-refractivity contribution in [2.24, 2.45) is 10.3 Å². The van der Waals surface area contributed by atoms with Gasteiger partial charge in [0.25, 0.3) is 5.91 Å². The standard InChI is InChI=1S/C24H18F6N4O5S2/c25-23(26,27)14-9-13(10-15(11-14)24(28,29)30)21-12-20(33-16-1-5-18(6-2-16)40(31,36)37)22(35)34(21)17-3-7-19(8-4-17)41(32,38)39/h1-12,21,33H,(H2,31,36,37)(H2,32,38,39). The van der Waals surface area contributed by atoms with Crippen molar-refractivity contribution in [1.82, 2.24) is 0 Å². The molecule has 1 unspecified atom stereocenters. The molecule has 0 saturated heterocycles. The van der Waals surface area contributed by atoms with E-state index in [2.05, 4.69) is 5.32 Å². The van der Waals surface area contributed by atoms with Gasteiger partial charge in [-0.1, -0.05) is 0 Å². The molecule has 3 aromatic carbocycles. The van der Waals surface area contributed by atoms with E-state index in [4.69, 9.17) is 10.3 Å². The number of alkyl halides is 6. The Hall–Kier alpha value is -3.93. The summed E-state index contributed by atoms with van der Waals surface area (Å²) >= 11 is 0. The summed E-state index contributed by atoms with van der Waals surface area (Å²) in [6, 6.07) is 8.32. The topological polar surface area (TPSA) is 153 Å². The van der Waals surface area contributed by atoms with Crippen LogP contribution in [0.4, 0.5) is 37.7 Å². The molecule has 1 amide bonds. The molecule has 0 aliphatic carbocycles. The minimum Gasteiger partial charge on any atom is -0.351 e. The lowest BCUT2D eigenvalue weighted by atomic mass is 9.99. The van der Waals surface area contributed by atoms with Crippen LogP contribution in [-0.4, -0.2) is 22.7 Å². The first-order valence-corrected chi connectivity index (χ1v) is 14.2. The smallest absolute Gasteiger partial charge is 0.351 e. The summed E-state index contributed by atoms with van der Waals surface area (Å²) in [6.07, 6.45) is -9.23. The highest BCUT2D eigenvalue weighted by Crippen LogP contribution is 2.42. The molecule has 0 bridgehead atoms. The molecule has 1 aliphatic heterocycles. The predicted molar refractivity (Wildman–Crippen MR) is 134 cm³/mol. The molecule has 0 saturated carbocycles. The third-order valence-electron chi connectivity index (χ3n) is 5.91. The molecule has 9 nitrogen and oxygen atoms in total. The van der Waals surface area contributed by atoms with E-state index in [0.717, 1.165) is 47.4 Å². The maximum Gasteiger partial charge on any atom is 0.416 e. The molecule has 4 rings (SSSR count). The molecular formula is C24H18F6N4O5S2. The van der Waals surface area contributed by atoms with E-state index >= 15 is 0 Å². The van der Waals surface area contributed by atoms with Gasteiger partial charge in [0.1, 0.15) is 5.70 Å². The molecule has 218 valence electrons. The third kappa shape index (κ3) is 6.53. The van der Waals surface area contributed by atoms with E-state index in [1.54, 1.807) is 0 Å². The van der Waals surface area contributed by atoms with Crippen LogP contribution in [0.2, 0.25) is 0 Å². The van der Waals surface area contributed by atoms with Gasteiger partial charge in [0.2, 0.25) is 20.0 Å². The first-order valence-electron chi connectivity index (χ1n) is 11.1. The predicted octanol–water partition coefficient (Wildman–Crippen LogP) is 4.10. The van der Waals surface area contributed by atoms with Gasteiger partial charge in [-0.05, 0) is 78.4 Å². The molecule has 0 aromatic heterocycles. The highest BCUT2D eigenvalue weighted by Gasteiger charge is 2.40. The van der Waals surface area contributed by atoms with Crippen LogP contribution < -0.4 is 20.5 Å². The second-order valence-electron chi connectivity index (χ2n) is 8.77. The van der Waals surface area contributed by atoms with Gasteiger partial charge in [-0.3, -0.25) is 9.69 Å². The van der Waals surface area contributed by atoms with Gasteiger partial charge in [0.15, 0.2) is 0 Å². The summed E-state index contributed by atoms with van der Waals surface area (Å²) in [7, 11) is -8.21. The first kappa shape index (κ1) is 30.0. The van der Waals surface area contributed by atoms with E-state index in [1.165, 1.54) is 12.1 Å². The quantitative estimate of drug-likeness (QED) is 0.353. The maximum atomic E-state index is 13.6. The zero-order chi connectivity index (χ0) is 30.5. The van der Waals surface area contributed by atoms with Crippen LogP contribution in [0.5, 0.6) is 0 Å². The van der Waals surface area contributed by atoms with E-state index in [9.17, 15) is 48.0 Å². The number of nitrogens with one attached hydrogen (secondary N) is 1. The zero-order valence-corrected chi connectivity index (χ0v) is 21.9. The number of carbonyl (C=O) groups excluding carboxylic acids is 1. The minimum absolute atomic E-state index is 0.0541. The number of hydrogen-bond donors (Lipinski definition) is 3. The van der Waals surface area contributed by atoms with Crippen LogP contribution in [0.15, 0.2) is 88.3 Å². The van der Waals surface area contributed by atoms with Crippen molar-refractivity contribution in [1.29, 1.82) is 0 Å². The average molecular weight is 621 g/mol. The Morgan fingerprint density at radius 1 is 0.707 bits per heavy atom. The average Bonchev–Trinajstić information content (AvgIpc) is 3.17. The van der Waals surface area contributed by atoms with Crippen LogP contribution >= 0.6 is 0 Å². The van der Waals surface area contributed by atoms with Gasteiger partial charge in [-0.15, -0.1) is 0 Å². The lowest BCUT2D eigenvalue weighted by Gasteiger charge is -2.26. The SMILES string of the molecule is NS(=O)(=O)c1ccc(NC2=CC(c3cc(C(F)(F)F)cc(C(F)(F)F)c3)N(c3ccc(S(N)(=O)=O)cc3)C2=O)cc1. The number of hydrogen-bond acceptors (Lipinski definition) is 6.